The second-order valence-corrected chi connectivity index (χ2v) is 6.91. The van der Waals surface area contributed by atoms with Crippen molar-refractivity contribution in [3.05, 3.63) is 60.9 Å². The van der Waals surface area contributed by atoms with Gasteiger partial charge >= 0.3 is 0 Å². The molecule has 3 aromatic heterocycles. The maximum Gasteiger partial charge on any atom is 0.277 e. The van der Waals surface area contributed by atoms with Gasteiger partial charge in [0.05, 0.1) is 36.8 Å². The van der Waals surface area contributed by atoms with Crippen LogP contribution in [-0.4, -0.2) is 57.4 Å². The fraction of sp³-hybridized carbons (Fsp3) is 0.190. The van der Waals surface area contributed by atoms with E-state index >= 15 is 0 Å². The van der Waals surface area contributed by atoms with Crippen LogP contribution in [-0.2, 0) is 4.74 Å². The van der Waals surface area contributed by atoms with Crippen molar-refractivity contribution in [1.29, 1.82) is 0 Å². The second-order valence-electron chi connectivity index (χ2n) is 6.91. The summed E-state index contributed by atoms with van der Waals surface area (Å²) in [6.45, 7) is 3.13. The zero-order valence-electron chi connectivity index (χ0n) is 16.1. The highest BCUT2D eigenvalue weighted by molar-refractivity contribution is 6.11. The molecule has 5 rings (SSSR count). The maximum atomic E-state index is 12.7. The minimum Gasteiger partial charge on any atom is -0.378 e. The van der Waals surface area contributed by atoms with E-state index in [1.165, 1.54) is 12.4 Å². The third-order valence-corrected chi connectivity index (χ3v) is 5.02. The van der Waals surface area contributed by atoms with E-state index < -0.39 is 0 Å². The molecule has 2 N–H and O–H groups in total. The van der Waals surface area contributed by atoms with Crippen LogP contribution in [0.1, 0.15) is 10.5 Å². The van der Waals surface area contributed by atoms with Gasteiger partial charge in [-0.3, -0.25) is 19.9 Å². The second kappa shape index (κ2) is 7.88. The number of morpholine rings is 1. The largest absolute Gasteiger partial charge is 0.378 e. The number of nitrogens with one attached hydrogen (secondary N) is 2. The van der Waals surface area contributed by atoms with E-state index in [0.29, 0.717) is 11.5 Å². The highest BCUT2D eigenvalue weighted by Gasteiger charge is 2.17. The summed E-state index contributed by atoms with van der Waals surface area (Å²) in [6.07, 6.45) is 8.24. The summed E-state index contributed by atoms with van der Waals surface area (Å²) in [7, 11) is 0. The zero-order valence-corrected chi connectivity index (χ0v) is 16.1. The Morgan fingerprint density at radius 3 is 2.77 bits per heavy atom. The van der Waals surface area contributed by atoms with E-state index in [-0.39, 0.29) is 5.91 Å². The number of hydrogen-bond donors (Lipinski definition) is 2. The van der Waals surface area contributed by atoms with Crippen molar-refractivity contribution in [2.45, 2.75) is 0 Å². The molecule has 0 spiro atoms. The molecule has 1 saturated heterocycles. The SMILES string of the molecule is O=C(Nc1cnccn1)c1n[nH]c2ccc(-c3cncc(N4CCOCC4)c3)cc12. The number of aromatic nitrogens is 5. The van der Waals surface area contributed by atoms with Crippen molar-refractivity contribution in [2.75, 3.05) is 36.5 Å². The molecular weight excluding hydrogens is 382 g/mol. The van der Waals surface area contributed by atoms with Crippen LogP contribution < -0.4 is 10.2 Å². The van der Waals surface area contributed by atoms with Gasteiger partial charge in [0, 0.05) is 42.6 Å². The first kappa shape index (κ1) is 18.2. The molecule has 9 heteroatoms. The van der Waals surface area contributed by atoms with Crippen LogP contribution in [0, 0.1) is 0 Å². The number of H-pyrrole nitrogens is 1. The van der Waals surface area contributed by atoms with Crippen LogP contribution in [0.4, 0.5) is 11.5 Å². The Balaban J connectivity index is 1.46. The van der Waals surface area contributed by atoms with Gasteiger partial charge < -0.3 is 15.0 Å². The molecule has 4 aromatic rings. The summed E-state index contributed by atoms with van der Waals surface area (Å²) in [6, 6.07) is 7.96. The van der Waals surface area contributed by atoms with Crippen LogP contribution in [0.3, 0.4) is 0 Å². The molecule has 1 aromatic carbocycles. The molecule has 1 fully saturated rings. The summed E-state index contributed by atoms with van der Waals surface area (Å²) in [5.41, 5.74) is 4.07. The van der Waals surface area contributed by atoms with E-state index in [0.717, 1.165) is 54.0 Å². The van der Waals surface area contributed by atoms with Crippen LogP contribution in [0.25, 0.3) is 22.0 Å². The smallest absolute Gasteiger partial charge is 0.277 e. The normalized spacial score (nSPS) is 14.1. The maximum absolute atomic E-state index is 12.7. The summed E-state index contributed by atoms with van der Waals surface area (Å²) in [4.78, 5) is 27.4. The van der Waals surface area contributed by atoms with Gasteiger partial charge in [-0.25, -0.2) is 4.98 Å². The molecule has 0 aliphatic carbocycles. The Kier molecular flexibility index (Phi) is 4.78. The molecule has 1 amide bonds. The van der Waals surface area contributed by atoms with E-state index in [1.807, 2.05) is 30.6 Å². The number of aromatic amines is 1. The zero-order chi connectivity index (χ0) is 20.3. The number of hydrogen-bond acceptors (Lipinski definition) is 7. The van der Waals surface area contributed by atoms with Gasteiger partial charge in [0.2, 0.25) is 0 Å². The minimum atomic E-state index is -0.348. The van der Waals surface area contributed by atoms with Gasteiger partial charge in [-0.05, 0) is 23.8 Å². The molecule has 0 saturated carbocycles. The molecular formula is C21H19N7O2. The summed E-state index contributed by atoms with van der Waals surface area (Å²) < 4.78 is 5.43. The van der Waals surface area contributed by atoms with Crippen molar-refractivity contribution in [2.24, 2.45) is 0 Å². The molecule has 0 bridgehead atoms. The number of benzene rings is 1. The third kappa shape index (κ3) is 3.58. The lowest BCUT2D eigenvalue weighted by molar-refractivity contribution is 0.102. The highest BCUT2D eigenvalue weighted by Crippen LogP contribution is 2.28. The van der Waals surface area contributed by atoms with Crippen molar-refractivity contribution in [3.63, 3.8) is 0 Å². The first-order valence-electron chi connectivity index (χ1n) is 9.61. The predicted molar refractivity (Wildman–Crippen MR) is 112 cm³/mol. The number of carbonyl (C=O) groups excluding carboxylic acids is 1. The first-order valence-corrected chi connectivity index (χ1v) is 9.61. The van der Waals surface area contributed by atoms with Gasteiger partial charge in [0.15, 0.2) is 11.5 Å². The lowest BCUT2D eigenvalue weighted by Gasteiger charge is -2.28. The van der Waals surface area contributed by atoms with Gasteiger partial charge in [-0.1, -0.05) is 6.07 Å². The number of carbonyl (C=O) groups is 1. The lowest BCUT2D eigenvalue weighted by Crippen LogP contribution is -2.36. The van der Waals surface area contributed by atoms with E-state index in [9.17, 15) is 4.79 Å². The molecule has 150 valence electrons. The molecule has 1 aliphatic heterocycles. The Morgan fingerprint density at radius 1 is 1.03 bits per heavy atom. The molecule has 0 radical (unpaired) electrons. The van der Waals surface area contributed by atoms with Crippen LogP contribution in [0.5, 0.6) is 0 Å². The van der Waals surface area contributed by atoms with Crippen LogP contribution >= 0.6 is 0 Å². The molecule has 1 aliphatic rings. The number of amides is 1. The Labute approximate surface area is 172 Å². The average molecular weight is 401 g/mol. The van der Waals surface area contributed by atoms with Gasteiger partial charge in [-0.2, -0.15) is 5.10 Å². The number of rotatable bonds is 4. The summed E-state index contributed by atoms with van der Waals surface area (Å²) in [5.74, 6) is 0.0244. The van der Waals surface area contributed by atoms with Gasteiger partial charge in [-0.15, -0.1) is 0 Å². The fourth-order valence-electron chi connectivity index (χ4n) is 3.49. The van der Waals surface area contributed by atoms with E-state index in [2.05, 4.69) is 41.4 Å². The van der Waals surface area contributed by atoms with Gasteiger partial charge in [0.1, 0.15) is 0 Å². The first-order chi connectivity index (χ1) is 14.8. The van der Waals surface area contributed by atoms with Crippen molar-refractivity contribution < 1.29 is 9.53 Å². The topological polar surface area (TPSA) is 109 Å². The summed E-state index contributed by atoms with van der Waals surface area (Å²) in [5, 5.41) is 10.6. The average Bonchev–Trinajstić information content (AvgIpc) is 3.24. The van der Waals surface area contributed by atoms with Gasteiger partial charge in [0.25, 0.3) is 5.91 Å². The minimum absolute atomic E-state index is 0.301. The lowest BCUT2D eigenvalue weighted by atomic mass is 10.0. The predicted octanol–water partition coefficient (Wildman–Crippen LogP) is 2.50. The third-order valence-electron chi connectivity index (χ3n) is 5.02. The molecule has 9 nitrogen and oxygen atoms in total. The van der Waals surface area contributed by atoms with Crippen LogP contribution in [0.15, 0.2) is 55.2 Å². The van der Waals surface area contributed by atoms with E-state index in [4.69, 9.17) is 4.74 Å². The number of pyridine rings is 1. The monoisotopic (exact) mass is 401 g/mol. The van der Waals surface area contributed by atoms with E-state index in [1.54, 1.807) is 6.20 Å². The number of ether oxygens (including phenoxy) is 1. The number of nitrogens with zero attached hydrogens (tertiary/aromatic N) is 5. The molecule has 4 heterocycles. The van der Waals surface area contributed by atoms with Crippen molar-refractivity contribution in [3.8, 4) is 11.1 Å². The Bertz CT molecular complexity index is 1190. The van der Waals surface area contributed by atoms with Crippen molar-refractivity contribution >= 4 is 28.3 Å². The highest BCUT2D eigenvalue weighted by atomic mass is 16.5. The number of anilines is 2. The summed E-state index contributed by atoms with van der Waals surface area (Å²) >= 11 is 0. The Hall–Kier alpha value is -3.85. The fourth-order valence-corrected chi connectivity index (χ4v) is 3.49. The quantitative estimate of drug-likeness (QED) is 0.541. The Morgan fingerprint density at radius 2 is 1.93 bits per heavy atom. The molecule has 0 unspecified atom stereocenters. The van der Waals surface area contributed by atoms with Crippen LogP contribution in [0.2, 0.25) is 0 Å². The number of fused-ring (bicyclic) bond motifs is 1. The van der Waals surface area contributed by atoms with Crippen molar-refractivity contribution in [1.82, 2.24) is 25.1 Å². The molecule has 0 atom stereocenters. The standard InChI is InChI=1S/C21H19N7O2/c29-21(25-19-13-22-3-4-24-19)20-17-10-14(1-2-18(17)26-27-20)15-9-16(12-23-11-15)28-5-7-30-8-6-28/h1-4,9-13H,5-8H2,(H,26,27)(H,24,25,29). The molecule has 30 heavy (non-hydrogen) atoms.